The van der Waals surface area contributed by atoms with Gasteiger partial charge in [0.05, 0.1) is 0 Å². The number of rotatable bonds is 10. The lowest BCUT2D eigenvalue weighted by atomic mass is 10.2. The Hall–Kier alpha value is -2.67. The summed E-state index contributed by atoms with van der Waals surface area (Å²) in [7, 11) is 0. The van der Waals surface area contributed by atoms with Crippen LogP contribution in [0, 0.1) is 0 Å². The number of benzene rings is 2. The SMILES string of the molecule is CSCCC(NC(=O)COc1ccccc1)C(=O)N1CCC(Nc2ccccc2)C1. The maximum absolute atomic E-state index is 13.1. The average molecular weight is 428 g/mol. The number of anilines is 1. The van der Waals surface area contributed by atoms with Gasteiger partial charge in [0.1, 0.15) is 11.8 Å². The monoisotopic (exact) mass is 427 g/mol. The largest absolute Gasteiger partial charge is 0.484 e. The van der Waals surface area contributed by atoms with Crippen molar-refractivity contribution in [2.24, 2.45) is 0 Å². The van der Waals surface area contributed by atoms with Gasteiger partial charge < -0.3 is 20.3 Å². The molecule has 2 N–H and O–H groups in total. The van der Waals surface area contributed by atoms with Crippen LogP contribution in [-0.4, -0.2) is 60.5 Å². The van der Waals surface area contributed by atoms with E-state index in [2.05, 4.69) is 10.6 Å². The van der Waals surface area contributed by atoms with Gasteiger partial charge in [-0.3, -0.25) is 9.59 Å². The van der Waals surface area contributed by atoms with Gasteiger partial charge in [-0.05, 0) is 49.1 Å². The molecule has 1 heterocycles. The second-order valence-electron chi connectivity index (χ2n) is 7.28. The minimum absolute atomic E-state index is 0.0190. The van der Waals surface area contributed by atoms with E-state index >= 15 is 0 Å². The number of likely N-dealkylation sites (tertiary alicyclic amines) is 1. The minimum Gasteiger partial charge on any atom is -0.484 e. The van der Waals surface area contributed by atoms with Crippen LogP contribution in [0.15, 0.2) is 60.7 Å². The number of nitrogens with zero attached hydrogens (tertiary/aromatic N) is 1. The van der Waals surface area contributed by atoms with Crippen LogP contribution in [0.5, 0.6) is 5.75 Å². The molecule has 3 rings (SSSR count). The van der Waals surface area contributed by atoms with Crippen molar-refractivity contribution in [1.82, 2.24) is 10.2 Å². The Morgan fingerprint density at radius 1 is 1.13 bits per heavy atom. The summed E-state index contributed by atoms with van der Waals surface area (Å²) in [6.07, 6.45) is 3.49. The van der Waals surface area contributed by atoms with E-state index in [0.717, 1.165) is 17.9 Å². The number of carbonyl (C=O) groups is 2. The summed E-state index contributed by atoms with van der Waals surface area (Å²) in [4.78, 5) is 27.3. The van der Waals surface area contributed by atoms with Gasteiger partial charge in [0.2, 0.25) is 5.91 Å². The summed E-state index contributed by atoms with van der Waals surface area (Å²) in [5.41, 5.74) is 1.06. The smallest absolute Gasteiger partial charge is 0.258 e. The van der Waals surface area contributed by atoms with Crippen LogP contribution < -0.4 is 15.4 Å². The summed E-state index contributed by atoms with van der Waals surface area (Å²) >= 11 is 1.66. The highest BCUT2D eigenvalue weighted by molar-refractivity contribution is 7.98. The first-order valence-electron chi connectivity index (χ1n) is 10.2. The fourth-order valence-corrected chi connectivity index (χ4v) is 3.93. The Labute approximate surface area is 182 Å². The third-order valence-electron chi connectivity index (χ3n) is 5.00. The molecule has 2 aromatic carbocycles. The molecule has 1 aliphatic heterocycles. The molecule has 0 radical (unpaired) electrons. The maximum atomic E-state index is 13.1. The summed E-state index contributed by atoms with van der Waals surface area (Å²) in [6, 6.07) is 18.9. The standard InChI is InChI=1S/C23H29N3O3S/c1-30-15-13-21(25-22(27)17-29-20-10-6-3-7-11-20)23(28)26-14-12-19(16-26)24-18-8-4-2-5-9-18/h2-11,19,21,24H,12-17H2,1H3,(H,25,27). The maximum Gasteiger partial charge on any atom is 0.258 e. The minimum atomic E-state index is -0.528. The number of hydrogen-bond acceptors (Lipinski definition) is 5. The number of hydrogen-bond donors (Lipinski definition) is 2. The van der Waals surface area contributed by atoms with Gasteiger partial charge in [-0.25, -0.2) is 0 Å². The highest BCUT2D eigenvalue weighted by Crippen LogP contribution is 2.17. The molecular formula is C23H29N3O3S. The van der Waals surface area contributed by atoms with Crippen molar-refractivity contribution in [3.8, 4) is 5.75 Å². The molecule has 1 aliphatic rings. The molecule has 0 saturated carbocycles. The van der Waals surface area contributed by atoms with Gasteiger partial charge in [0, 0.05) is 24.8 Å². The lowest BCUT2D eigenvalue weighted by molar-refractivity contribution is -0.136. The van der Waals surface area contributed by atoms with Crippen molar-refractivity contribution in [3.63, 3.8) is 0 Å². The van der Waals surface area contributed by atoms with E-state index in [-0.39, 0.29) is 24.5 Å². The second kappa shape index (κ2) is 11.5. The van der Waals surface area contributed by atoms with E-state index in [9.17, 15) is 9.59 Å². The topological polar surface area (TPSA) is 70.7 Å². The van der Waals surface area contributed by atoms with Crippen LogP contribution in [0.2, 0.25) is 0 Å². The fourth-order valence-electron chi connectivity index (χ4n) is 3.46. The molecule has 160 valence electrons. The molecule has 0 bridgehead atoms. The van der Waals surface area contributed by atoms with E-state index in [1.165, 1.54) is 0 Å². The molecule has 2 unspecified atom stereocenters. The van der Waals surface area contributed by atoms with Gasteiger partial charge >= 0.3 is 0 Å². The van der Waals surface area contributed by atoms with Crippen molar-refractivity contribution in [3.05, 3.63) is 60.7 Å². The number of nitrogens with one attached hydrogen (secondary N) is 2. The molecule has 2 aromatic rings. The Balaban J connectivity index is 1.52. The quantitative estimate of drug-likeness (QED) is 0.610. The lowest BCUT2D eigenvalue weighted by Crippen LogP contribution is -2.49. The third kappa shape index (κ3) is 6.69. The Kier molecular flexibility index (Phi) is 8.44. The van der Waals surface area contributed by atoms with Crippen molar-refractivity contribution in [2.75, 3.05) is 37.0 Å². The Morgan fingerprint density at radius 2 is 1.83 bits per heavy atom. The zero-order valence-electron chi connectivity index (χ0n) is 17.3. The van der Waals surface area contributed by atoms with Crippen molar-refractivity contribution < 1.29 is 14.3 Å². The van der Waals surface area contributed by atoms with Crippen molar-refractivity contribution in [2.45, 2.75) is 24.9 Å². The number of para-hydroxylation sites is 2. The van der Waals surface area contributed by atoms with E-state index in [4.69, 9.17) is 4.74 Å². The van der Waals surface area contributed by atoms with Gasteiger partial charge in [0.25, 0.3) is 5.91 Å². The molecule has 0 aromatic heterocycles. The molecular weight excluding hydrogens is 398 g/mol. The van der Waals surface area contributed by atoms with E-state index in [1.54, 1.807) is 23.9 Å². The molecule has 6 nitrogen and oxygen atoms in total. The van der Waals surface area contributed by atoms with Crippen molar-refractivity contribution in [1.29, 1.82) is 0 Å². The first-order chi connectivity index (χ1) is 14.7. The molecule has 7 heteroatoms. The highest BCUT2D eigenvalue weighted by Gasteiger charge is 2.31. The average Bonchev–Trinajstić information content (AvgIpc) is 3.24. The van der Waals surface area contributed by atoms with Crippen LogP contribution in [0.25, 0.3) is 0 Å². The summed E-state index contributed by atoms with van der Waals surface area (Å²) in [5, 5.41) is 6.36. The molecule has 0 aliphatic carbocycles. The molecule has 1 fully saturated rings. The fraction of sp³-hybridized carbons (Fsp3) is 0.391. The van der Waals surface area contributed by atoms with E-state index < -0.39 is 6.04 Å². The lowest BCUT2D eigenvalue weighted by Gasteiger charge is -2.24. The van der Waals surface area contributed by atoms with Gasteiger partial charge in [0.15, 0.2) is 6.61 Å². The number of ether oxygens (including phenoxy) is 1. The van der Waals surface area contributed by atoms with Crippen molar-refractivity contribution >= 4 is 29.3 Å². The van der Waals surface area contributed by atoms with Gasteiger partial charge in [-0.1, -0.05) is 36.4 Å². The van der Waals surface area contributed by atoms with Gasteiger partial charge in [-0.2, -0.15) is 11.8 Å². The van der Waals surface area contributed by atoms with Crippen LogP contribution in [-0.2, 0) is 9.59 Å². The summed E-state index contributed by atoms with van der Waals surface area (Å²) < 4.78 is 5.51. The second-order valence-corrected chi connectivity index (χ2v) is 8.27. The molecule has 1 saturated heterocycles. The first kappa shape index (κ1) is 22.0. The van der Waals surface area contributed by atoms with E-state index in [1.807, 2.05) is 59.7 Å². The molecule has 30 heavy (non-hydrogen) atoms. The summed E-state index contributed by atoms with van der Waals surface area (Å²) in [6.45, 7) is 1.22. The zero-order valence-corrected chi connectivity index (χ0v) is 18.1. The predicted octanol–water partition coefficient (Wildman–Crippen LogP) is 3.02. The van der Waals surface area contributed by atoms with Crippen LogP contribution in [0.1, 0.15) is 12.8 Å². The van der Waals surface area contributed by atoms with Crippen LogP contribution in [0.3, 0.4) is 0 Å². The number of thioether (sulfide) groups is 1. The normalized spacial score (nSPS) is 16.7. The molecule has 2 amide bonds. The highest BCUT2D eigenvalue weighted by atomic mass is 32.2. The third-order valence-corrected chi connectivity index (χ3v) is 5.65. The van der Waals surface area contributed by atoms with Crippen LogP contribution in [0.4, 0.5) is 5.69 Å². The first-order valence-corrected chi connectivity index (χ1v) is 11.6. The number of carbonyl (C=O) groups excluding carboxylic acids is 2. The predicted molar refractivity (Wildman–Crippen MR) is 122 cm³/mol. The zero-order chi connectivity index (χ0) is 21.2. The van der Waals surface area contributed by atoms with Crippen LogP contribution >= 0.6 is 11.8 Å². The van der Waals surface area contributed by atoms with Gasteiger partial charge in [-0.15, -0.1) is 0 Å². The Morgan fingerprint density at radius 3 is 2.53 bits per heavy atom. The summed E-state index contributed by atoms with van der Waals surface area (Å²) in [5.74, 6) is 1.13. The molecule has 0 spiro atoms. The number of amides is 2. The molecule has 2 atom stereocenters. The van der Waals surface area contributed by atoms with E-state index in [0.29, 0.717) is 25.3 Å². The Bertz CT molecular complexity index is 804.